The number of hydrogen-bond acceptors (Lipinski definition) is 4. The van der Waals surface area contributed by atoms with Crippen molar-refractivity contribution in [3.8, 4) is 11.5 Å². The Balaban J connectivity index is 2.03. The summed E-state index contributed by atoms with van der Waals surface area (Å²) in [6.45, 7) is 3.89. The van der Waals surface area contributed by atoms with E-state index in [1.165, 1.54) is 0 Å². The van der Waals surface area contributed by atoms with Gasteiger partial charge in [0.25, 0.3) is 0 Å². The van der Waals surface area contributed by atoms with Gasteiger partial charge >= 0.3 is 0 Å². The molecule has 4 heteroatoms. The molecule has 1 aliphatic heterocycles. The smallest absolute Gasteiger partial charge is 0.170 e. The second-order valence-corrected chi connectivity index (χ2v) is 5.62. The van der Waals surface area contributed by atoms with E-state index in [1.807, 2.05) is 44.2 Å². The molecule has 2 aromatic rings. The van der Waals surface area contributed by atoms with E-state index >= 15 is 0 Å². The summed E-state index contributed by atoms with van der Waals surface area (Å²) in [5.74, 6) is 1.31. The number of fused-ring (bicyclic) bond motifs is 1. The van der Waals surface area contributed by atoms with E-state index in [9.17, 15) is 4.79 Å². The van der Waals surface area contributed by atoms with E-state index in [0.717, 1.165) is 22.4 Å². The fourth-order valence-corrected chi connectivity index (χ4v) is 2.74. The maximum absolute atomic E-state index is 12.5. The quantitative estimate of drug-likeness (QED) is 0.860. The molecule has 0 aliphatic carbocycles. The van der Waals surface area contributed by atoms with Gasteiger partial charge in [-0.3, -0.25) is 4.79 Å². The number of aryl methyl sites for hydroxylation is 1. The van der Waals surface area contributed by atoms with E-state index in [1.54, 1.807) is 7.11 Å². The normalized spacial score (nSPS) is 16.9. The number of hydrogen-bond donors (Lipinski definition) is 1. The van der Waals surface area contributed by atoms with E-state index in [0.29, 0.717) is 23.4 Å². The molecule has 2 N–H and O–H groups in total. The Morgan fingerprint density at radius 1 is 1.27 bits per heavy atom. The fourth-order valence-electron chi connectivity index (χ4n) is 2.74. The van der Waals surface area contributed by atoms with Crippen LogP contribution in [0.2, 0.25) is 0 Å². The number of carbonyl (C=O) groups is 1. The lowest BCUT2D eigenvalue weighted by atomic mass is 9.92. The summed E-state index contributed by atoms with van der Waals surface area (Å²) in [6.07, 6.45) is -0.0261. The zero-order chi connectivity index (χ0) is 15.9. The molecular formula is C18H19NO3. The molecule has 0 saturated carbocycles. The predicted molar refractivity (Wildman–Crippen MR) is 85.6 cm³/mol. The molecule has 0 amide bonds. The monoisotopic (exact) mass is 297 g/mol. The number of ketones is 1. The number of rotatable bonds is 2. The molecule has 0 saturated heterocycles. The minimum absolute atomic E-state index is 0.0591. The van der Waals surface area contributed by atoms with Crippen LogP contribution in [0.4, 0.5) is 5.69 Å². The number of nitrogens with two attached hydrogens (primary N) is 1. The summed E-state index contributed by atoms with van der Waals surface area (Å²) in [7, 11) is 1.62. The topological polar surface area (TPSA) is 61.5 Å². The van der Waals surface area contributed by atoms with Crippen LogP contribution in [0.1, 0.15) is 39.6 Å². The third-order valence-electron chi connectivity index (χ3n) is 4.24. The van der Waals surface area contributed by atoms with Crippen LogP contribution >= 0.6 is 0 Å². The molecule has 0 fully saturated rings. The van der Waals surface area contributed by atoms with Gasteiger partial charge in [0.05, 0.1) is 24.8 Å². The lowest BCUT2D eigenvalue weighted by molar-refractivity contribution is 0.0851. The van der Waals surface area contributed by atoms with Crippen molar-refractivity contribution in [1.82, 2.24) is 0 Å². The first kappa shape index (κ1) is 14.4. The number of benzene rings is 2. The fraction of sp³-hybridized carbons (Fsp3) is 0.278. The lowest BCUT2D eigenvalue weighted by Crippen LogP contribution is -2.22. The number of anilines is 1. The van der Waals surface area contributed by atoms with Crippen LogP contribution < -0.4 is 15.2 Å². The average Bonchev–Trinajstić information content (AvgIpc) is 2.53. The third kappa shape index (κ3) is 2.30. The molecule has 1 atom stereocenters. The highest BCUT2D eigenvalue weighted by Crippen LogP contribution is 2.41. The second kappa shape index (κ2) is 5.37. The van der Waals surface area contributed by atoms with Gasteiger partial charge in [-0.2, -0.15) is 0 Å². The van der Waals surface area contributed by atoms with Crippen molar-refractivity contribution in [1.29, 1.82) is 0 Å². The standard InChI is InChI=1S/C18H19NO3/c1-10-7-14-15(20)9-16(22-18(14)17(19)11(10)2)12-5-4-6-13(8-12)21-3/h4-8,16H,9,19H2,1-3H3. The van der Waals surface area contributed by atoms with E-state index in [-0.39, 0.29) is 11.9 Å². The summed E-state index contributed by atoms with van der Waals surface area (Å²) in [5.41, 5.74) is 10.2. The highest BCUT2D eigenvalue weighted by Gasteiger charge is 2.30. The van der Waals surface area contributed by atoms with Crippen molar-refractivity contribution >= 4 is 11.5 Å². The summed E-state index contributed by atoms with van der Waals surface area (Å²) in [6, 6.07) is 9.44. The molecule has 2 aromatic carbocycles. The molecule has 0 radical (unpaired) electrons. The van der Waals surface area contributed by atoms with Gasteiger partial charge in [0, 0.05) is 0 Å². The third-order valence-corrected chi connectivity index (χ3v) is 4.24. The molecule has 3 rings (SSSR count). The summed E-state index contributed by atoms with van der Waals surface area (Å²) < 4.78 is 11.3. The van der Waals surface area contributed by atoms with Gasteiger partial charge in [0.1, 0.15) is 11.9 Å². The van der Waals surface area contributed by atoms with Crippen molar-refractivity contribution < 1.29 is 14.3 Å². The number of Topliss-reactive ketones (excluding diaryl/α,β-unsaturated/α-hetero) is 1. The van der Waals surface area contributed by atoms with Crippen LogP contribution in [0.25, 0.3) is 0 Å². The Kier molecular flexibility index (Phi) is 3.53. The van der Waals surface area contributed by atoms with Crippen LogP contribution in [0.15, 0.2) is 30.3 Å². The molecule has 0 spiro atoms. The molecule has 0 bridgehead atoms. The molecule has 4 nitrogen and oxygen atoms in total. The first-order valence-corrected chi connectivity index (χ1v) is 7.24. The van der Waals surface area contributed by atoms with Gasteiger partial charge in [-0.05, 0) is 48.7 Å². The minimum atomic E-state index is -0.334. The highest BCUT2D eigenvalue weighted by atomic mass is 16.5. The van der Waals surface area contributed by atoms with E-state index in [2.05, 4.69) is 0 Å². The lowest BCUT2D eigenvalue weighted by Gasteiger charge is -2.28. The number of carbonyl (C=O) groups excluding carboxylic acids is 1. The Labute approximate surface area is 129 Å². The van der Waals surface area contributed by atoms with Gasteiger partial charge < -0.3 is 15.2 Å². The molecule has 114 valence electrons. The van der Waals surface area contributed by atoms with Crippen LogP contribution in [0.5, 0.6) is 11.5 Å². The molecule has 1 heterocycles. The Morgan fingerprint density at radius 2 is 2.05 bits per heavy atom. The zero-order valence-electron chi connectivity index (χ0n) is 13.0. The Morgan fingerprint density at radius 3 is 2.77 bits per heavy atom. The van der Waals surface area contributed by atoms with Crippen molar-refractivity contribution in [2.75, 3.05) is 12.8 Å². The Bertz CT molecular complexity index is 752. The van der Waals surface area contributed by atoms with Crippen LogP contribution in [-0.4, -0.2) is 12.9 Å². The summed E-state index contributed by atoms with van der Waals surface area (Å²) in [5, 5.41) is 0. The van der Waals surface area contributed by atoms with Gasteiger partial charge in [0.15, 0.2) is 11.5 Å². The second-order valence-electron chi connectivity index (χ2n) is 5.62. The number of ether oxygens (including phenoxy) is 2. The van der Waals surface area contributed by atoms with Crippen molar-refractivity contribution in [2.45, 2.75) is 26.4 Å². The summed E-state index contributed by atoms with van der Waals surface area (Å²) in [4.78, 5) is 12.5. The van der Waals surface area contributed by atoms with Crippen LogP contribution in [-0.2, 0) is 0 Å². The predicted octanol–water partition coefficient (Wildman–Crippen LogP) is 3.60. The maximum atomic E-state index is 12.5. The largest absolute Gasteiger partial charge is 0.497 e. The Hall–Kier alpha value is -2.49. The van der Waals surface area contributed by atoms with Crippen molar-refractivity contribution in [3.05, 3.63) is 52.6 Å². The zero-order valence-corrected chi connectivity index (χ0v) is 13.0. The first-order chi connectivity index (χ1) is 10.5. The summed E-state index contributed by atoms with van der Waals surface area (Å²) >= 11 is 0. The molecule has 0 aromatic heterocycles. The number of methoxy groups -OCH3 is 1. The van der Waals surface area contributed by atoms with E-state index in [4.69, 9.17) is 15.2 Å². The van der Waals surface area contributed by atoms with Crippen LogP contribution in [0, 0.1) is 13.8 Å². The first-order valence-electron chi connectivity index (χ1n) is 7.24. The average molecular weight is 297 g/mol. The minimum Gasteiger partial charge on any atom is -0.497 e. The van der Waals surface area contributed by atoms with E-state index < -0.39 is 0 Å². The maximum Gasteiger partial charge on any atom is 0.170 e. The van der Waals surface area contributed by atoms with Crippen molar-refractivity contribution in [3.63, 3.8) is 0 Å². The van der Waals surface area contributed by atoms with Gasteiger partial charge in [-0.1, -0.05) is 12.1 Å². The van der Waals surface area contributed by atoms with Gasteiger partial charge in [-0.15, -0.1) is 0 Å². The van der Waals surface area contributed by atoms with Gasteiger partial charge in [-0.25, -0.2) is 0 Å². The van der Waals surface area contributed by atoms with Crippen molar-refractivity contribution in [2.24, 2.45) is 0 Å². The molecule has 1 unspecified atom stereocenters. The molecule has 22 heavy (non-hydrogen) atoms. The van der Waals surface area contributed by atoms with Gasteiger partial charge in [0.2, 0.25) is 0 Å². The number of nitrogen functional groups attached to an aromatic ring is 1. The molecular weight excluding hydrogens is 278 g/mol. The van der Waals surface area contributed by atoms with Crippen LogP contribution in [0.3, 0.4) is 0 Å². The SMILES string of the molecule is COc1cccc(C2CC(=O)c3cc(C)c(C)c(N)c3O2)c1. The molecule has 1 aliphatic rings. The highest BCUT2D eigenvalue weighted by molar-refractivity contribution is 6.02.